The first kappa shape index (κ1) is 13.6. The fourth-order valence-electron chi connectivity index (χ4n) is 2.88. The number of hydrogen-bond donors (Lipinski definition) is 0. The van der Waals surface area contributed by atoms with Crippen molar-refractivity contribution in [3.05, 3.63) is 77.6 Å². The van der Waals surface area contributed by atoms with Gasteiger partial charge in [0.05, 0.1) is 5.69 Å². The lowest BCUT2D eigenvalue weighted by Gasteiger charge is -2.07. The lowest BCUT2D eigenvalue weighted by Crippen LogP contribution is -2.32. The Labute approximate surface area is 125 Å². The summed E-state index contributed by atoms with van der Waals surface area (Å²) in [7, 11) is 0. The van der Waals surface area contributed by atoms with Gasteiger partial charge in [-0.2, -0.15) is 0 Å². The smallest absolute Gasteiger partial charge is 0.249 e. The van der Waals surface area contributed by atoms with E-state index in [1.54, 1.807) is 0 Å². The molecule has 0 saturated carbocycles. The van der Waals surface area contributed by atoms with E-state index < -0.39 is 0 Å². The number of imidazole rings is 1. The van der Waals surface area contributed by atoms with E-state index in [0.29, 0.717) is 0 Å². The second-order valence-corrected chi connectivity index (χ2v) is 5.56. The van der Waals surface area contributed by atoms with Crippen molar-refractivity contribution >= 4 is 0 Å². The first-order valence-electron chi connectivity index (χ1n) is 7.18. The standard InChI is InChI=1S/C18H20N3/c1-14-10-15(2)18(16(3)11-14)21-9-8-20(13-21)12-17-6-4-5-7-19-17/h4-11,13H,12H2,1-3H3/q+1. The van der Waals surface area contributed by atoms with E-state index >= 15 is 0 Å². The van der Waals surface area contributed by atoms with E-state index in [2.05, 4.69) is 65.7 Å². The Kier molecular flexibility index (Phi) is 3.57. The highest BCUT2D eigenvalue weighted by Crippen LogP contribution is 2.20. The van der Waals surface area contributed by atoms with Crippen LogP contribution in [0.3, 0.4) is 0 Å². The van der Waals surface area contributed by atoms with Crippen molar-refractivity contribution < 1.29 is 4.57 Å². The molecule has 0 atom stereocenters. The minimum absolute atomic E-state index is 0.789. The molecular weight excluding hydrogens is 258 g/mol. The third-order valence-corrected chi connectivity index (χ3v) is 3.66. The van der Waals surface area contributed by atoms with Crippen LogP contribution in [0.1, 0.15) is 22.4 Å². The maximum absolute atomic E-state index is 4.37. The molecule has 106 valence electrons. The predicted octanol–water partition coefficient (Wildman–Crippen LogP) is 3.13. The van der Waals surface area contributed by atoms with Crippen molar-refractivity contribution in [1.82, 2.24) is 9.55 Å². The molecule has 0 spiro atoms. The molecule has 1 aromatic carbocycles. The van der Waals surface area contributed by atoms with Crippen LogP contribution in [0.25, 0.3) is 5.69 Å². The van der Waals surface area contributed by atoms with Gasteiger partial charge in [-0.3, -0.25) is 4.98 Å². The molecule has 0 N–H and O–H groups in total. The minimum atomic E-state index is 0.789. The van der Waals surface area contributed by atoms with Gasteiger partial charge in [-0.15, -0.1) is 0 Å². The Hall–Kier alpha value is -2.42. The van der Waals surface area contributed by atoms with Crippen LogP contribution in [0.2, 0.25) is 0 Å². The SMILES string of the molecule is Cc1cc(C)c(-n2cc[n+](Cc3ccccn3)c2)c(C)c1. The van der Waals surface area contributed by atoms with Gasteiger partial charge in [0.2, 0.25) is 6.33 Å². The van der Waals surface area contributed by atoms with Crippen molar-refractivity contribution in [1.29, 1.82) is 0 Å². The molecule has 0 amide bonds. The van der Waals surface area contributed by atoms with Gasteiger partial charge >= 0.3 is 0 Å². The van der Waals surface area contributed by atoms with E-state index in [0.717, 1.165) is 12.2 Å². The van der Waals surface area contributed by atoms with Crippen LogP contribution in [0.15, 0.2) is 55.2 Å². The number of hydrogen-bond acceptors (Lipinski definition) is 1. The Bertz CT molecular complexity index is 734. The number of benzene rings is 1. The Balaban J connectivity index is 1.92. The van der Waals surface area contributed by atoms with Crippen LogP contribution >= 0.6 is 0 Å². The van der Waals surface area contributed by atoms with Crippen LogP contribution in [-0.2, 0) is 6.54 Å². The van der Waals surface area contributed by atoms with Crippen molar-refractivity contribution in [2.24, 2.45) is 0 Å². The maximum atomic E-state index is 4.37. The molecule has 2 aromatic heterocycles. The summed E-state index contributed by atoms with van der Waals surface area (Å²) in [5.74, 6) is 0. The molecule has 2 heterocycles. The molecular formula is C18H20N3+. The molecule has 0 aliphatic heterocycles. The molecule has 0 radical (unpaired) electrons. The highest BCUT2D eigenvalue weighted by Gasteiger charge is 2.13. The molecule has 3 heteroatoms. The third kappa shape index (κ3) is 2.87. The fourth-order valence-corrected chi connectivity index (χ4v) is 2.88. The quantitative estimate of drug-likeness (QED) is 0.675. The predicted molar refractivity (Wildman–Crippen MR) is 83.5 cm³/mol. The van der Waals surface area contributed by atoms with Crippen LogP contribution in [0.5, 0.6) is 0 Å². The summed E-state index contributed by atoms with van der Waals surface area (Å²) in [5, 5.41) is 0. The third-order valence-electron chi connectivity index (χ3n) is 3.66. The average molecular weight is 278 g/mol. The molecule has 0 saturated heterocycles. The highest BCUT2D eigenvalue weighted by molar-refractivity contribution is 5.48. The van der Waals surface area contributed by atoms with E-state index in [-0.39, 0.29) is 0 Å². The summed E-state index contributed by atoms with van der Waals surface area (Å²) >= 11 is 0. The second kappa shape index (κ2) is 5.52. The molecule has 3 aromatic rings. The second-order valence-electron chi connectivity index (χ2n) is 5.56. The van der Waals surface area contributed by atoms with Crippen molar-refractivity contribution in [2.75, 3.05) is 0 Å². The fraction of sp³-hybridized carbons (Fsp3) is 0.222. The molecule has 3 nitrogen and oxygen atoms in total. The van der Waals surface area contributed by atoms with Crippen molar-refractivity contribution in [3.8, 4) is 5.69 Å². The van der Waals surface area contributed by atoms with Gasteiger partial charge in [0.1, 0.15) is 24.6 Å². The van der Waals surface area contributed by atoms with E-state index in [1.807, 2.05) is 24.4 Å². The summed E-state index contributed by atoms with van der Waals surface area (Å²) in [6.07, 6.45) is 8.15. The number of pyridine rings is 1. The lowest BCUT2D eigenvalue weighted by molar-refractivity contribution is -0.688. The zero-order valence-electron chi connectivity index (χ0n) is 12.7. The molecule has 3 rings (SSSR count). The largest absolute Gasteiger partial charge is 0.257 e. The van der Waals surface area contributed by atoms with E-state index in [4.69, 9.17) is 0 Å². The van der Waals surface area contributed by atoms with Gasteiger partial charge in [0.15, 0.2) is 0 Å². The summed E-state index contributed by atoms with van der Waals surface area (Å²) in [4.78, 5) is 4.37. The average Bonchev–Trinajstić information content (AvgIpc) is 2.87. The van der Waals surface area contributed by atoms with Gasteiger partial charge in [-0.05, 0) is 44.0 Å². The molecule has 0 bridgehead atoms. The lowest BCUT2D eigenvalue weighted by atomic mass is 10.1. The van der Waals surface area contributed by atoms with E-state index in [1.165, 1.54) is 22.4 Å². The Morgan fingerprint density at radius 3 is 2.52 bits per heavy atom. The van der Waals surface area contributed by atoms with Gasteiger partial charge in [0, 0.05) is 6.20 Å². The Morgan fingerprint density at radius 1 is 1.10 bits per heavy atom. The monoisotopic (exact) mass is 278 g/mol. The van der Waals surface area contributed by atoms with Gasteiger partial charge < -0.3 is 0 Å². The van der Waals surface area contributed by atoms with Crippen LogP contribution in [0, 0.1) is 20.8 Å². The van der Waals surface area contributed by atoms with Crippen molar-refractivity contribution in [3.63, 3.8) is 0 Å². The number of aryl methyl sites for hydroxylation is 3. The molecule has 0 unspecified atom stereocenters. The van der Waals surface area contributed by atoms with Crippen LogP contribution in [-0.4, -0.2) is 9.55 Å². The van der Waals surface area contributed by atoms with Gasteiger partial charge in [-0.1, -0.05) is 23.8 Å². The van der Waals surface area contributed by atoms with E-state index in [9.17, 15) is 0 Å². The summed E-state index contributed by atoms with van der Waals surface area (Å²) < 4.78 is 4.34. The first-order chi connectivity index (χ1) is 10.1. The highest BCUT2D eigenvalue weighted by atomic mass is 15.1. The number of nitrogens with zero attached hydrogens (tertiary/aromatic N) is 3. The number of aromatic nitrogens is 3. The van der Waals surface area contributed by atoms with Crippen LogP contribution < -0.4 is 4.57 Å². The minimum Gasteiger partial charge on any atom is -0.257 e. The summed E-state index contributed by atoms with van der Waals surface area (Å²) in [6.45, 7) is 7.26. The van der Waals surface area contributed by atoms with Crippen LogP contribution in [0.4, 0.5) is 0 Å². The Morgan fingerprint density at radius 2 is 1.86 bits per heavy atom. The van der Waals surface area contributed by atoms with Gasteiger partial charge in [0.25, 0.3) is 0 Å². The van der Waals surface area contributed by atoms with Crippen molar-refractivity contribution in [2.45, 2.75) is 27.3 Å². The normalized spacial score (nSPS) is 10.8. The molecule has 0 aliphatic rings. The zero-order valence-corrected chi connectivity index (χ0v) is 12.7. The molecule has 0 fully saturated rings. The summed E-state index contributed by atoms with van der Waals surface area (Å²) in [5.41, 5.74) is 6.24. The summed E-state index contributed by atoms with van der Waals surface area (Å²) in [6, 6.07) is 10.5. The molecule has 21 heavy (non-hydrogen) atoms. The van der Waals surface area contributed by atoms with Gasteiger partial charge in [-0.25, -0.2) is 9.13 Å². The topological polar surface area (TPSA) is 21.7 Å². The number of rotatable bonds is 3. The zero-order chi connectivity index (χ0) is 14.8. The molecule has 0 aliphatic carbocycles. The maximum Gasteiger partial charge on any atom is 0.249 e. The first-order valence-corrected chi connectivity index (χ1v) is 7.18.